The summed E-state index contributed by atoms with van der Waals surface area (Å²) in [4.78, 5) is 30.3. The summed E-state index contributed by atoms with van der Waals surface area (Å²) in [5, 5.41) is 2.55. The molecular weight excluding hydrogens is 467 g/mol. The Labute approximate surface area is 205 Å². The van der Waals surface area contributed by atoms with Crippen LogP contribution in [0, 0.1) is 5.92 Å². The van der Waals surface area contributed by atoms with Crippen LogP contribution in [0.25, 0.3) is 0 Å². The van der Waals surface area contributed by atoms with Gasteiger partial charge in [-0.05, 0) is 77.1 Å². The number of halogens is 4. The zero-order chi connectivity index (χ0) is 25.2. The standard InChI is InChI=1S/C25H35ClF3N3O2/c1-5-6-16-13-18(31(4)15(2)3)8-10-22(16)32-12-11-21(24(32)34)30-23(33)19-14-17(25(27,28)29)7-9-20(19)26/h7,9,14-16,18,21-22H,5-6,8,10-13H2,1-4H3,(H,30,33)/t16-,18+,21-,22-/m0/s1. The van der Waals surface area contributed by atoms with Crippen LogP contribution in [0.3, 0.4) is 0 Å². The molecule has 1 aromatic carbocycles. The van der Waals surface area contributed by atoms with Crippen LogP contribution in [0.4, 0.5) is 13.2 Å². The van der Waals surface area contributed by atoms with Gasteiger partial charge in [0.05, 0.1) is 16.1 Å². The normalized spacial score (nSPS) is 25.9. The maximum absolute atomic E-state index is 13.2. The quantitative estimate of drug-likeness (QED) is 0.546. The summed E-state index contributed by atoms with van der Waals surface area (Å²) < 4.78 is 39.2. The zero-order valence-electron chi connectivity index (χ0n) is 20.3. The highest BCUT2D eigenvalue weighted by Gasteiger charge is 2.42. The second-order valence-corrected chi connectivity index (χ2v) is 10.3. The molecule has 9 heteroatoms. The number of likely N-dealkylation sites (tertiary alicyclic amines) is 1. The first kappa shape index (κ1) is 26.8. The van der Waals surface area contributed by atoms with Crippen LogP contribution in [-0.2, 0) is 11.0 Å². The van der Waals surface area contributed by atoms with Crippen molar-refractivity contribution in [2.75, 3.05) is 13.6 Å². The number of carbonyl (C=O) groups excluding carboxylic acids is 2. The van der Waals surface area contributed by atoms with Crippen molar-refractivity contribution in [1.82, 2.24) is 15.1 Å². The minimum atomic E-state index is -4.59. The van der Waals surface area contributed by atoms with E-state index in [0.29, 0.717) is 31.0 Å². The molecule has 2 aliphatic rings. The Hall–Kier alpha value is -1.80. The Morgan fingerprint density at radius 1 is 1.26 bits per heavy atom. The van der Waals surface area contributed by atoms with Gasteiger partial charge in [0.25, 0.3) is 5.91 Å². The molecule has 2 amide bonds. The first-order chi connectivity index (χ1) is 15.9. The average Bonchev–Trinajstić information content (AvgIpc) is 3.12. The molecule has 1 saturated heterocycles. The molecule has 0 aromatic heterocycles. The molecule has 1 N–H and O–H groups in total. The van der Waals surface area contributed by atoms with Crippen LogP contribution in [-0.4, -0.2) is 59.4 Å². The molecule has 34 heavy (non-hydrogen) atoms. The van der Waals surface area contributed by atoms with Crippen LogP contribution in [0.2, 0.25) is 5.02 Å². The number of benzene rings is 1. The second-order valence-electron chi connectivity index (χ2n) is 9.88. The number of hydrogen-bond donors (Lipinski definition) is 1. The molecule has 0 radical (unpaired) electrons. The molecule has 1 aromatic rings. The Balaban J connectivity index is 1.69. The van der Waals surface area contributed by atoms with Crippen molar-refractivity contribution in [1.29, 1.82) is 0 Å². The van der Waals surface area contributed by atoms with E-state index >= 15 is 0 Å². The predicted octanol–water partition coefficient (Wildman–Crippen LogP) is 5.37. The van der Waals surface area contributed by atoms with Gasteiger partial charge in [0, 0.05) is 24.7 Å². The van der Waals surface area contributed by atoms with E-state index in [9.17, 15) is 22.8 Å². The van der Waals surface area contributed by atoms with Gasteiger partial charge in [-0.25, -0.2) is 0 Å². The summed E-state index contributed by atoms with van der Waals surface area (Å²) in [7, 11) is 2.16. The molecule has 1 heterocycles. The number of nitrogens with one attached hydrogen (secondary N) is 1. The summed E-state index contributed by atoms with van der Waals surface area (Å²) in [6, 6.07) is 2.95. The average molecular weight is 502 g/mol. The summed E-state index contributed by atoms with van der Waals surface area (Å²) in [5.41, 5.74) is -1.23. The van der Waals surface area contributed by atoms with Gasteiger partial charge < -0.3 is 15.1 Å². The number of rotatable bonds is 7. The summed E-state index contributed by atoms with van der Waals surface area (Å²) in [6.07, 6.45) is 0.887. The molecule has 5 nitrogen and oxygen atoms in total. The third kappa shape index (κ3) is 5.88. The van der Waals surface area contributed by atoms with Crippen molar-refractivity contribution in [3.05, 3.63) is 34.3 Å². The van der Waals surface area contributed by atoms with E-state index in [4.69, 9.17) is 11.6 Å². The van der Waals surface area contributed by atoms with Gasteiger partial charge in [0.15, 0.2) is 0 Å². The monoisotopic (exact) mass is 501 g/mol. The lowest BCUT2D eigenvalue weighted by Crippen LogP contribution is -2.51. The fourth-order valence-corrected chi connectivity index (χ4v) is 5.59. The highest BCUT2D eigenvalue weighted by molar-refractivity contribution is 6.33. The Morgan fingerprint density at radius 3 is 2.59 bits per heavy atom. The van der Waals surface area contributed by atoms with E-state index in [2.05, 4.69) is 38.0 Å². The predicted molar refractivity (Wildman–Crippen MR) is 127 cm³/mol. The second kappa shape index (κ2) is 10.9. The van der Waals surface area contributed by atoms with Gasteiger partial charge in [-0.2, -0.15) is 13.2 Å². The summed E-state index contributed by atoms with van der Waals surface area (Å²) >= 11 is 6.00. The van der Waals surface area contributed by atoms with E-state index in [1.54, 1.807) is 0 Å². The molecule has 0 bridgehead atoms. The van der Waals surface area contributed by atoms with Crippen molar-refractivity contribution >= 4 is 23.4 Å². The van der Waals surface area contributed by atoms with E-state index in [-0.39, 0.29) is 22.5 Å². The highest BCUT2D eigenvalue weighted by atomic mass is 35.5. The molecule has 1 aliphatic carbocycles. The molecule has 2 fully saturated rings. The lowest BCUT2D eigenvalue weighted by atomic mass is 9.77. The van der Waals surface area contributed by atoms with Crippen LogP contribution < -0.4 is 5.32 Å². The van der Waals surface area contributed by atoms with Gasteiger partial charge in [-0.1, -0.05) is 24.9 Å². The smallest absolute Gasteiger partial charge is 0.340 e. The topological polar surface area (TPSA) is 52.6 Å². The van der Waals surface area contributed by atoms with Crippen LogP contribution in [0.5, 0.6) is 0 Å². The summed E-state index contributed by atoms with van der Waals surface area (Å²) in [5.74, 6) is -0.525. The van der Waals surface area contributed by atoms with Crippen molar-refractivity contribution < 1.29 is 22.8 Å². The van der Waals surface area contributed by atoms with E-state index in [1.807, 2.05) is 4.90 Å². The van der Waals surface area contributed by atoms with Crippen LogP contribution in [0.1, 0.15) is 75.2 Å². The molecule has 190 valence electrons. The van der Waals surface area contributed by atoms with E-state index in [0.717, 1.165) is 50.3 Å². The van der Waals surface area contributed by atoms with Gasteiger partial charge in [-0.3, -0.25) is 9.59 Å². The number of alkyl halides is 3. The number of carbonyl (C=O) groups is 2. The molecular formula is C25H35ClF3N3O2. The van der Waals surface area contributed by atoms with Gasteiger partial charge in [-0.15, -0.1) is 0 Å². The van der Waals surface area contributed by atoms with Crippen molar-refractivity contribution in [3.63, 3.8) is 0 Å². The van der Waals surface area contributed by atoms with Gasteiger partial charge in [0.1, 0.15) is 6.04 Å². The minimum Gasteiger partial charge on any atom is -0.340 e. The molecule has 1 aliphatic heterocycles. The number of hydrogen-bond acceptors (Lipinski definition) is 3. The van der Waals surface area contributed by atoms with E-state index in [1.165, 1.54) is 0 Å². The first-order valence-corrected chi connectivity index (χ1v) is 12.5. The molecule has 4 atom stereocenters. The van der Waals surface area contributed by atoms with Gasteiger partial charge in [0.2, 0.25) is 5.91 Å². The Morgan fingerprint density at radius 2 is 1.97 bits per heavy atom. The lowest BCUT2D eigenvalue weighted by molar-refractivity contribution is -0.137. The third-order valence-corrected chi connectivity index (χ3v) is 7.78. The summed E-state index contributed by atoms with van der Waals surface area (Å²) in [6.45, 7) is 7.07. The minimum absolute atomic E-state index is 0.0802. The highest BCUT2D eigenvalue weighted by Crippen LogP contribution is 2.36. The fraction of sp³-hybridized carbons (Fsp3) is 0.680. The molecule has 0 unspecified atom stereocenters. The first-order valence-electron chi connectivity index (χ1n) is 12.1. The SMILES string of the molecule is CCC[C@H]1C[C@H](N(C)C(C)C)CC[C@@H]1N1CC[C@H](NC(=O)c2cc(C(F)(F)F)ccc2Cl)C1=O. The zero-order valence-corrected chi connectivity index (χ0v) is 21.0. The van der Waals surface area contributed by atoms with Crippen molar-refractivity contribution in [3.8, 4) is 0 Å². The number of nitrogens with zero attached hydrogens (tertiary/aromatic N) is 2. The Bertz CT molecular complexity index is 893. The van der Waals surface area contributed by atoms with Crippen LogP contribution >= 0.6 is 11.6 Å². The van der Waals surface area contributed by atoms with Crippen molar-refractivity contribution in [2.45, 2.75) is 89.6 Å². The van der Waals surface area contributed by atoms with Gasteiger partial charge >= 0.3 is 6.18 Å². The molecule has 3 rings (SSSR count). The molecule has 1 saturated carbocycles. The number of amides is 2. The maximum Gasteiger partial charge on any atom is 0.416 e. The fourth-order valence-electron chi connectivity index (χ4n) is 5.38. The van der Waals surface area contributed by atoms with E-state index < -0.39 is 23.7 Å². The van der Waals surface area contributed by atoms with Crippen LogP contribution in [0.15, 0.2) is 18.2 Å². The largest absolute Gasteiger partial charge is 0.416 e. The lowest BCUT2D eigenvalue weighted by Gasteiger charge is -2.44. The molecule has 0 spiro atoms. The van der Waals surface area contributed by atoms with Crippen molar-refractivity contribution in [2.24, 2.45) is 5.92 Å². The maximum atomic E-state index is 13.2. The Kier molecular flexibility index (Phi) is 8.56. The third-order valence-electron chi connectivity index (χ3n) is 7.45.